The van der Waals surface area contributed by atoms with Crippen LogP contribution in [0.25, 0.3) is 0 Å². The summed E-state index contributed by atoms with van der Waals surface area (Å²) in [6, 6.07) is 6.15. The molecule has 0 aliphatic carbocycles. The highest BCUT2D eigenvalue weighted by atomic mass is 16.6. The molecule has 0 fully saturated rings. The quantitative estimate of drug-likeness (QED) is 0.691. The highest BCUT2D eigenvalue weighted by Crippen LogP contribution is 2.18. The third kappa shape index (κ3) is 8.00. The molecule has 0 heterocycles. The van der Waals surface area contributed by atoms with Crippen molar-refractivity contribution in [3.05, 3.63) is 29.8 Å². The lowest BCUT2D eigenvalue weighted by Crippen LogP contribution is -2.47. The standard InChI is InChI=1S/C19H29N3O4/c1-12(2)10-16(23)21-14-9-7-6-8-13(14)11-15(17(20)24)22-18(25)26-19(3,4)5/h6-9,12,15H,10-11H2,1-5H3,(H2,20,24)(H,21,23)(H,22,25)/t15-/m0/s1. The van der Waals surface area contributed by atoms with Gasteiger partial charge in [-0.3, -0.25) is 9.59 Å². The van der Waals surface area contributed by atoms with Gasteiger partial charge in [-0.1, -0.05) is 32.0 Å². The second-order valence-electron chi connectivity index (χ2n) is 7.61. The van der Waals surface area contributed by atoms with E-state index in [4.69, 9.17) is 10.5 Å². The summed E-state index contributed by atoms with van der Waals surface area (Å²) >= 11 is 0. The third-order valence-electron chi connectivity index (χ3n) is 3.34. The van der Waals surface area contributed by atoms with Crippen LogP contribution in [-0.4, -0.2) is 29.6 Å². The number of alkyl carbamates (subject to hydrolysis) is 1. The van der Waals surface area contributed by atoms with E-state index in [0.717, 1.165) is 0 Å². The minimum absolute atomic E-state index is 0.108. The topological polar surface area (TPSA) is 111 Å². The molecule has 0 aromatic heterocycles. The second-order valence-corrected chi connectivity index (χ2v) is 7.61. The van der Waals surface area contributed by atoms with E-state index in [1.807, 2.05) is 13.8 Å². The first-order valence-corrected chi connectivity index (χ1v) is 8.64. The van der Waals surface area contributed by atoms with E-state index in [1.165, 1.54) is 0 Å². The van der Waals surface area contributed by atoms with Crippen molar-refractivity contribution in [1.29, 1.82) is 0 Å². The van der Waals surface area contributed by atoms with Crippen LogP contribution < -0.4 is 16.4 Å². The zero-order valence-electron chi connectivity index (χ0n) is 16.1. The summed E-state index contributed by atoms with van der Waals surface area (Å²) < 4.78 is 5.17. The van der Waals surface area contributed by atoms with Crippen LogP contribution in [0.3, 0.4) is 0 Å². The highest BCUT2D eigenvalue weighted by molar-refractivity contribution is 5.92. The molecule has 0 unspecified atom stereocenters. The summed E-state index contributed by atoms with van der Waals surface area (Å²) in [5.41, 5.74) is 6.02. The molecule has 1 aromatic carbocycles. The molecule has 7 heteroatoms. The first-order chi connectivity index (χ1) is 12.0. The van der Waals surface area contributed by atoms with Gasteiger partial charge in [-0.25, -0.2) is 4.79 Å². The molecule has 0 saturated carbocycles. The van der Waals surface area contributed by atoms with Gasteiger partial charge < -0.3 is 21.1 Å². The Morgan fingerprint density at radius 1 is 1.15 bits per heavy atom. The third-order valence-corrected chi connectivity index (χ3v) is 3.34. The minimum atomic E-state index is -0.951. The van der Waals surface area contributed by atoms with Crippen molar-refractivity contribution in [2.45, 2.75) is 59.1 Å². The molecule has 0 aliphatic heterocycles. The van der Waals surface area contributed by atoms with Crippen LogP contribution in [0.4, 0.5) is 10.5 Å². The fourth-order valence-corrected chi connectivity index (χ4v) is 2.28. The summed E-state index contributed by atoms with van der Waals surface area (Å²) in [6.07, 6.45) is -0.182. The number of hydrogen-bond donors (Lipinski definition) is 3. The van der Waals surface area contributed by atoms with E-state index < -0.39 is 23.6 Å². The van der Waals surface area contributed by atoms with Crippen molar-refractivity contribution < 1.29 is 19.1 Å². The Morgan fingerprint density at radius 2 is 1.77 bits per heavy atom. The van der Waals surface area contributed by atoms with Crippen LogP contribution in [-0.2, 0) is 20.7 Å². The normalized spacial score (nSPS) is 12.4. The minimum Gasteiger partial charge on any atom is -0.444 e. The predicted molar refractivity (Wildman–Crippen MR) is 101 cm³/mol. The first kappa shape index (κ1) is 21.5. The number of carbonyl (C=O) groups excluding carboxylic acids is 3. The number of amides is 3. The summed E-state index contributed by atoms with van der Waals surface area (Å²) in [7, 11) is 0. The molecule has 1 aromatic rings. The Labute approximate surface area is 154 Å². The molecule has 7 nitrogen and oxygen atoms in total. The van der Waals surface area contributed by atoms with Crippen LogP contribution in [0.1, 0.15) is 46.6 Å². The van der Waals surface area contributed by atoms with E-state index in [9.17, 15) is 14.4 Å². The molecular weight excluding hydrogens is 334 g/mol. The number of carbonyl (C=O) groups is 3. The Balaban J connectivity index is 2.87. The number of hydrogen-bond acceptors (Lipinski definition) is 4. The molecule has 4 N–H and O–H groups in total. The Kier molecular flexibility index (Phi) is 7.61. The fourth-order valence-electron chi connectivity index (χ4n) is 2.28. The number of benzene rings is 1. The van der Waals surface area contributed by atoms with E-state index in [1.54, 1.807) is 45.0 Å². The molecule has 1 rings (SSSR count). The number of ether oxygens (including phenoxy) is 1. The largest absolute Gasteiger partial charge is 0.444 e. The van der Waals surface area contributed by atoms with Gasteiger partial charge >= 0.3 is 6.09 Å². The average molecular weight is 363 g/mol. The predicted octanol–water partition coefficient (Wildman–Crippen LogP) is 2.59. The molecule has 1 atom stereocenters. The summed E-state index contributed by atoms with van der Waals surface area (Å²) in [5, 5.41) is 5.33. The lowest BCUT2D eigenvalue weighted by atomic mass is 10.0. The molecule has 0 aliphatic rings. The number of nitrogens with one attached hydrogen (secondary N) is 2. The van der Waals surface area contributed by atoms with Gasteiger partial charge in [-0.15, -0.1) is 0 Å². The number of primary amides is 1. The molecule has 144 valence electrons. The van der Waals surface area contributed by atoms with E-state index in [-0.39, 0.29) is 18.2 Å². The number of para-hydroxylation sites is 1. The number of anilines is 1. The number of rotatable bonds is 7. The molecule has 0 spiro atoms. The first-order valence-electron chi connectivity index (χ1n) is 8.64. The maximum atomic E-state index is 12.0. The molecule has 3 amide bonds. The van der Waals surface area contributed by atoms with Gasteiger partial charge in [-0.05, 0) is 38.3 Å². The Hall–Kier alpha value is -2.57. The van der Waals surface area contributed by atoms with Crippen LogP contribution in [0, 0.1) is 5.92 Å². The number of nitrogens with two attached hydrogens (primary N) is 1. The van der Waals surface area contributed by atoms with Crippen LogP contribution in [0.5, 0.6) is 0 Å². The van der Waals surface area contributed by atoms with Gasteiger partial charge in [-0.2, -0.15) is 0 Å². The van der Waals surface area contributed by atoms with Crippen LogP contribution in [0.15, 0.2) is 24.3 Å². The summed E-state index contributed by atoms with van der Waals surface area (Å²) in [6.45, 7) is 9.10. The Morgan fingerprint density at radius 3 is 2.31 bits per heavy atom. The second kappa shape index (κ2) is 9.22. The van der Waals surface area contributed by atoms with E-state index in [2.05, 4.69) is 10.6 Å². The monoisotopic (exact) mass is 363 g/mol. The molecular formula is C19H29N3O4. The van der Waals surface area contributed by atoms with Crippen molar-refractivity contribution in [2.24, 2.45) is 11.7 Å². The van der Waals surface area contributed by atoms with Crippen molar-refractivity contribution >= 4 is 23.6 Å². The zero-order chi connectivity index (χ0) is 19.9. The molecule has 0 bridgehead atoms. The van der Waals surface area contributed by atoms with Crippen molar-refractivity contribution in [3.63, 3.8) is 0 Å². The fraction of sp³-hybridized carbons (Fsp3) is 0.526. The molecule has 0 radical (unpaired) electrons. The van der Waals surface area contributed by atoms with E-state index >= 15 is 0 Å². The maximum Gasteiger partial charge on any atom is 0.408 e. The van der Waals surface area contributed by atoms with Gasteiger partial charge in [0.15, 0.2) is 0 Å². The van der Waals surface area contributed by atoms with E-state index in [0.29, 0.717) is 17.7 Å². The highest BCUT2D eigenvalue weighted by Gasteiger charge is 2.24. The SMILES string of the molecule is CC(C)CC(=O)Nc1ccccc1C[C@H](NC(=O)OC(C)(C)C)C(N)=O. The molecule has 26 heavy (non-hydrogen) atoms. The molecule has 0 saturated heterocycles. The van der Waals surface area contributed by atoms with Gasteiger partial charge in [0.1, 0.15) is 11.6 Å². The zero-order valence-corrected chi connectivity index (χ0v) is 16.1. The Bertz CT molecular complexity index is 650. The van der Waals surface area contributed by atoms with Crippen LogP contribution in [0.2, 0.25) is 0 Å². The lowest BCUT2D eigenvalue weighted by Gasteiger charge is -2.23. The van der Waals surface area contributed by atoms with Gasteiger partial charge in [0, 0.05) is 18.5 Å². The van der Waals surface area contributed by atoms with Crippen LogP contribution >= 0.6 is 0 Å². The van der Waals surface area contributed by atoms with Gasteiger partial charge in [0.2, 0.25) is 11.8 Å². The van der Waals surface area contributed by atoms with Gasteiger partial charge in [0.05, 0.1) is 0 Å². The summed E-state index contributed by atoms with van der Waals surface area (Å²) in [5.74, 6) is -0.559. The van der Waals surface area contributed by atoms with Crippen molar-refractivity contribution in [2.75, 3.05) is 5.32 Å². The lowest BCUT2D eigenvalue weighted by molar-refractivity contribution is -0.120. The van der Waals surface area contributed by atoms with Gasteiger partial charge in [0.25, 0.3) is 0 Å². The maximum absolute atomic E-state index is 12.0. The average Bonchev–Trinajstić information content (AvgIpc) is 2.45. The summed E-state index contributed by atoms with van der Waals surface area (Å²) in [4.78, 5) is 35.7. The van der Waals surface area contributed by atoms with Crippen molar-refractivity contribution in [1.82, 2.24) is 5.32 Å². The van der Waals surface area contributed by atoms with Crippen molar-refractivity contribution in [3.8, 4) is 0 Å². The smallest absolute Gasteiger partial charge is 0.408 e.